The van der Waals surface area contributed by atoms with Gasteiger partial charge in [-0.05, 0) is 146 Å². The molecule has 63 heavy (non-hydrogen) atoms. The van der Waals surface area contributed by atoms with Crippen molar-refractivity contribution in [2.75, 3.05) is 6.54 Å². The molecule has 8 rings (SSSR count). The topological polar surface area (TPSA) is 159 Å². The van der Waals surface area contributed by atoms with E-state index < -0.39 is 40.3 Å². The highest BCUT2D eigenvalue weighted by atomic mass is 35.5. The van der Waals surface area contributed by atoms with Gasteiger partial charge in [0.2, 0.25) is 5.91 Å². The molecule has 0 heterocycles. The minimum absolute atomic E-state index is 0.00134. The summed E-state index contributed by atoms with van der Waals surface area (Å²) in [7, 11) is 0. The number of carbonyl (C=O) groups is 5. The lowest BCUT2D eigenvalue weighted by Gasteiger charge is -2.72. The van der Waals surface area contributed by atoms with Gasteiger partial charge in [-0.15, -0.1) is 0 Å². The molecule has 11 heteroatoms. The molecule has 6 saturated carbocycles. The first kappa shape index (κ1) is 46.3. The number of hydrogen-bond acceptors (Lipinski definition) is 7. The van der Waals surface area contributed by atoms with E-state index in [0.29, 0.717) is 48.1 Å². The molecule has 7 aliphatic rings. The number of halogens is 1. The largest absolute Gasteiger partial charge is 0.481 e. The fourth-order valence-electron chi connectivity index (χ4n) is 16.1. The number of fused-ring (bicyclic) bond motifs is 7. The Kier molecular flexibility index (Phi) is 11.5. The van der Waals surface area contributed by atoms with E-state index in [1.54, 1.807) is 24.3 Å². The van der Waals surface area contributed by atoms with Gasteiger partial charge < -0.3 is 25.6 Å². The number of amides is 2. The number of esters is 1. The number of Topliss-reactive ketones (excluding diaryl/α,β-unsaturated/α-hetero) is 1. The predicted molar refractivity (Wildman–Crippen MR) is 241 cm³/mol. The lowest BCUT2D eigenvalue weighted by Crippen LogP contribution is -2.66. The number of aliphatic hydroxyl groups is 1. The molecule has 6 fully saturated rings. The zero-order valence-electron chi connectivity index (χ0n) is 39.3. The number of benzene rings is 1. The second-order valence-corrected chi connectivity index (χ2v) is 24.1. The molecule has 7 aliphatic carbocycles. The third kappa shape index (κ3) is 6.89. The van der Waals surface area contributed by atoms with Gasteiger partial charge in [-0.25, -0.2) is 0 Å². The third-order valence-electron chi connectivity index (χ3n) is 20.0. The summed E-state index contributed by atoms with van der Waals surface area (Å²) in [6.45, 7) is 20.0. The van der Waals surface area contributed by atoms with Crippen LogP contribution in [0.1, 0.15) is 163 Å². The molecule has 4 N–H and O–H groups in total. The quantitative estimate of drug-likeness (QED) is 0.169. The van der Waals surface area contributed by atoms with Gasteiger partial charge in [-0.1, -0.05) is 92.3 Å². The second kappa shape index (κ2) is 15.7. The maximum absolute atomic E-state index is 14.3. The van der Waals surface area contributed by atoms with E-state index in [0.717, 1.165) is 68.9 Å². The maximum atomic E-state index is 14.3. The Morgan fingerprint density at radius 2 is 1.48 bits per heavy atom. The molecule has 0 aliphatic heterocycles. The van der Waals surface area contributed by atoms with Crippen molar-refractivity contribution >= 4 is 41.1 Å². The number of carboxylic acid groups (broad SMARTS) is 1. The Hall–Kier alpha value is -3.24. The summed E-state index contributed by atoms with van der Waals surface area (Å²) in [6, 6.07) is 6.62. The van der Waals surface area contributed by atoms with Gasteiger partial charge in [0.1, 0.15) is 11.6 Å². The molecule has 10 nitrogen and oxygen atoms in total. The van der Waals surface area contributed by atoms with E-state index >= 15 is 0 Å². The average Bonchev–Trinajstić information content (AvgIpc) is 3.81. The monoisotopic (exact) mass is 889 g/mol. The molecule has 11 atom stereocenters. The normalized spacial score (nSPS) is 38.9. The van der Waals surface area contributed by atoms with Crippen LogP contribution >= 0.6 is 11.6 Å². The Bertz CT molecular complexity index is 2090. The van der Waals surface area contributed by atoms with Gasteiger partial charge in [-0.3, -0.25) is 24.0 Å². The van der Waals surface area contributed by atoms with Gasteiger partial charge in [0, 0.05) is 34.4 Å². The van der Waals surface area contributed by atoms with Crippen LogP contribution in [0.15, 0.2) is 35.4 Å². The van der Waals surface area contributed by atoms with E-state index in [1.165, 1.54) is 0 Å². The van der Waals surface area contributed by atoms with E-state index in [2.05, 4.69) is 59.1 Å². The standard InChI is InChI=1S/C52H73ClN2O8/c1-29(2)40-35(56)27-51(38(57)28-54-45(62)52(20-10-11-21-52)55-42(58)30-12-14-31(53)15-13-30)25-24-49(8)32(41(40)51)16-17-37-48(7)22-19-39(47(5,6)36(48)18-23-50(37,49)9)63-44(61)34-26-33(43(59)60)46(34,3)4/h12-15,29,32-34,36-39,57H,10-11,16-28H2,1-9H3,(H,54,62)(H,55,58)(H,59,60)/t32-,33+,34-,36+,37-,38+,39+,48+,49-,50-,51+/m1/s1. The summed E-state index contributed by atoms with van der Waals surface area (Å²) in [5.74, 6) is -1.67. The average molecular weight is 890 g/mol. The van der Waals surface area contributed by atoms with Crippen LogP contribution in [0, 0.1) is 68.0 Å². The first-order valence-electron chi connectivity index (χ1n) is 24.1. The van der Waals surface area contributed by atoms with Gasteiger partial charge in [0.05, 0.1) is 17.9 Å². The number of carbonyl (C=O) groups excluding carboxylic acids is 4. The summed E-state index contributed by atoms with van der Waals surface area (Å²) in [6.07, 6.45) is 9.26. The molecular formula is C52H73ClN2O8. The smallest absolute Gasteiger partial charge is 0.309 e. The van der Waals surface area contributed by atoms with Gasteiger partial charge >= 0.3 is 11.9 Å². The zero-order valence-corrected chi connectivity index (χ0v) is 40.0. The van der Waals surface area contributed by atoms with Crippen LogP contribution in [0.25, 0.3) is 0 Å². The molecule has 2 amide bonds. The van der Waals surface area contributed by atoms with Crippen LogP contribution in [0.5, 0.6) is 0 Å². The Labute approximate surface area is 379 Å². The lowest BCUT2D eigenvalue weighted by atomic mass is 9.33. The molecule has 0 aromatic heterocycles. The van der Waals surface area contributed by atoms with Crippen LogP contribution < -0.4 is 10.6 Å². The maximum Gasteiger partial charge on any atom is 0.309 e. The summed E-state index contributed by atoms with van der Waals surface area (Å²) >= 11 is 6.07. The van der Waals surface area contributed by atoms with Crippen LogP contribution in [0.4, 0.5) is 0 Å². The van der Waals surface area contributed by atoms with E-state index in [4.69, 9.17) is 16.3 Å². The van der Waals surface area contributed by atoms with Crippen molar-refractivity contribution in [1.29, 1.82) is 0 Å². The van der Waals surface area contributed by atoms with Crippen molar-refractivity contribution in [3.05, 3.63) is 46.0 Å². The van der Waals surface area contributed by atoms with Crippen LogP contribution in [-0.4, -0.2) is 64.0 Å². The van der Waals surface area contributed by atoms with Crippen molar-refractivity contribution in [2.24, 2.45) is 68.0 Å². The van der Waals surface area contributed by atoms with E-state index in [1.807, 2.05) is 13.8 Å². The number of aliphatic hydroxyl groups excluding tert-OH is 1. The molecule has 1 aromatic rings. The molecule has 0 radical (unpaired) electrons. The Balaban J connectivity index is 1.01. The summed E-state index contributed by atoms with van der Waals surface area (Å²) in [5, 5.41) is 28.9. The van der Waals surface area contributed by atoms with Crippen molar-refractivity contribution in [2.45, 2.75) is 170 Å². The van der Waals surface area contributed by atoms with Gasteiger partial charge in [-0.2, -0.15) is 0 Å². The fourth-order valence-corrected chi connectivity index (χ4v) is 16.2. The summed E-state index contributed by atoms with van der Waals surface area (Å²) in [4.78, 5) is 67.4. The van der Waals surface area contributed by atoms with Crippen molar-refractivity contribution in [3.8, 4) is 0 Å². The van der Waals surface area contributed by atoms with Crippen molar-refractivity contribution < 1.29 is 38.9 Å². The first-order valence-corrected chi connectivity index (χ1v) is 24.5. The van der Waals surface area contributed by atoms with Crippen LogP contribution in [-0.2, 0) is 23.9 Å². The molecule has 0 unspecified atom stereocenters. The zero-order chi connectivity index (χ0) is 45.9. The number of ketones is 1. The molecule has 0 saturated heterocycles. The van der Waals surface area contributed by atoms with Crippen molar-refractivity contribution in [3.63, 3.8) is 0 Å². The minimum Gasteiger partial charge on any atom is -0.481 e. The summed E-state index contributed by atoms with van der Waals surface area (Å²) < 4.78 is 6.43. The number of rotatable bonds is 10. The number of carboxylic acids is 1. The van der Waals surface area contributed by atoms with Gasteiger partial charge in [0.15, 0.2) is 5.78 Å². The number of nitrogens with one attached hydrogen (secondary N) is 2. The van der Waals surface area contributed by atoms with Gasteiger partial charge in [0.25, 0.3) is 5.91 Å². The molecule has 0 spiro atoms. The summed E-state index contributed by atoms with van der Waals surface area (Å²) in [5.41, 5.74) is -0.437. The van der Waals surface area contributed by atoms with Crippen LogP contribution in [0.2, 0.25) is 5.02 Å². The molecule has 346 valence electrons. The highest BCUT2D eigenvalue weighted by Gasteiger charge is 2.71. The predicted octanol–water partition coefficient (Wildman–Crippen LogP) is 9.50. The number of ether oxygens (including phenoxy) is 1. The fraction of sp³-hybridized carbons (Fsp3) is 0.750. The highest BCUT2D eigenvalue weighted by Crippen LogP contribution is 2.77. The van der Waals surface area contributed by atoms with Crippen molar-refractivity contribution in [1.82, 2.24) is 10.6 Å². The number of hydrogen-bond donors (Lipinski definition) is 4. The van der Waals surface area contributed by atoms with E-state index in [-0.39, 0.29) is 76.1 Å². The third-order valence-corrected chi connectivity index (χ3v) is 20.2. The molecular weight excluding hydrogens is 816 g/mol. The van der Waals surface area contributed by atoms with E-state index in [9.17, 15) is 34.2 Å². The number of aliphatic carboxylic acids is 1. The number of allylic oxidation sites excluding steroid dienone is 1. The molecule has 1 aromatic carbocycles. The van der Waals surface area contributed by atoms with Crippen LogP contribution in [0.3, 0.4) is 0 Å². The second-order valence-electron chi connectivity index (χ2n) is 23.6. The SMILES string of the molecule is CC(C)C1=C2[C@H]3CC[C@@H]4[C@@]5(C)CC[C@H](OC(=O)[C@H]6C[C@@H](C(=O)O)C6(C)C)C(C)(C)[C@@H]5CC[C@@]4(C)[C@]3(C)CC[C@@]2([C@@H](O)CNC(=O)C2(NC(=O)c3ccc(Cl)cc3)CCCC2)CC1=O. The Morgan fingerprint density at radius 1 is 0.810 bits per heavy atom. The minimum atomic E-state index is -1.08. The highest BCUT2D eigenvalue weighted by molar-refractivity contribution is 6.30. The molecule has 0 bridgehead atoms. The first-order chi connectivity index (χ1) is 29.4. The lowest BCUT2D eigenvalue weighted by molar-refractivity contribution is -0.238. The Morgan fingerprint density at radius 3 is 2.10 bits per heavy atom.